The van der Waals surface area contributed by atoms with Gasteiger partial charge in [-0.05, 0) is 124 Å². The number of nitrogens with zero attached hydrogens (tertiary/aromatic N) is 8. The summed E-state index contributed by atoms with van der Waals surface area (Å²) in [5, 5.41) is 6.35. The minimum Gasteiger partial charge on any atom is -0.388 e. The number of nitrogens with one attached hydrogen (secondary N) is 2. The van der Waals surface area contributed by atoms with Gasteiger partial charge in [-0.1, -0.05) is 18.2 Å². The number of pyridine rings is 2. The van der Waals surface area contributed by atoms with Gasteiger partial charge in [0.15, 0.2) is 0 Å². The molecule has 11 rings (SSSR count). The van der Waals surface area contributed by atoms with Crippen LogP contribution in [0.2, 0.25) is 0 Å². The summed E-state index contributed by atoms with van der Waals surface area (Å²) in [6.07, 6.45) is 10.3. The van der Waals surface area contributed by atoms with Crippen LogP contribution in [0.25, 0.3) is 22.3 Å². The number of piperazine rings is 1. The molecule has 2 aromatic carbocycles. The second kappa shape index (κ2) is 18.8. The van der Waals surface area contributed by atoms with E-state index < -0.39 is 11.5 Å². The lowest BCUT2D eigenvalue weighted by Crippen LogP contribution is -2.54. The van der Waals surface area contributed by atoms with E-state index in [0.717, 1.165) is 115 Å². The number of imide groups is 1. The molecule has 1 spiro atoms. The molecule has 0 unspecified atom stereocenters. The van der Waals surface area contributed by atoms with Gasteiger partial charge in [0.1, 0.15) is 17.5 Å². The molecule has 72 heavy (non-hydrogen) atoms. The predicted molar refractivity (Wildman–Crippen MR) is 276 cm³/mol. The fraction of sp³-hybridized carbons (Fsp3) is 0.464. The SMILES string of the molecule is CNc1ccn(-c2ccnc3c2cc([C@H](C)N2CC=C(c4c(C)cc(C(=O)N5CCC(CN6CCN(Cc7ccc8c(c7)C7(CC7)C(=O)N8[C@H]7CCC(=O)NC7=O)C[C@@H]6C)CC5)cc4F)CC2)n3C)c(=O)c1. The number of rotatable bonds is 11. The van der Waals surface area contributed by atoms with Gasteiger partial charge in [0, 0.05) is 144 Å². The first-order chi connectivity index (χ1) is 34.7. The van der Waals surface area contributed by atoms with Crippen LogP contribution in [0.3, 0.4) is 0 Å². The first-order valence-corrected chi connectivity index (χ1v) is 25.9. The molecule has 5 aliphatic heterocycles. The van der Waals surface area contributed by atoms with Crippen molar-refractivity contribution in [2.45, 2.75) is 95.8 Å². The molecule has 16 heteroatoms. The molecular formula is C56H65FN10O5. The lowest BCUT2D eigenvalue weighted by Gasteiger charge is -2.42. The van der Waals surface area contributed by atoms with Crippen LogP contribution in [0.1, 0.15) is 103 Å². The summed E-state index contributed by atoms with van der Waals surface area (Å²) in [6.45, 7) is 13.6. The molecule has 3 saturated heterocycles. The number of aromatic nitrogens is 3. The van der Waals surface area contributed by atoms with Crippen LogP contribution in [0.15, 0.2) is 77.9 Å². The highest BCUT2D eigenvalue weighted by atomic mass is 19.1. The zero-order valence-electron chi connectivity index (χ0n) is 42.0. The highest BCUT2D eigenvalue weighted by Crippen LogP contribution is 2.58. The monoisotopic (exact) mass is 977 g/mol. The van der Waals surface area contributed by atoms with E-state index in [1.54, 1.807) is 35.0 Å². The van der Waals surface area contributed by atoms with Gasteiger partial charge in [0.2, 0.25) is 17.7 Å². The Hall–Kier alpha value is -6.49. The number of halogens is 1. The molecule has 3 aromatic heterocycles. The molecule has 4 fully saturated rings. The van der Waals surface area contributed by atoms with E-state index in [-0.39, 0.29) is 47.5 Å². The molecule has 3 atom stereocenters. The second-order valence-electron chi connectivity index (χ2n) is 21.3. The summed E-state index contributed by atoms with van der Waals surface area (Å²) in [6, 6.07) is 16.8. The van der Waals surface area contributed by atoms with Crippen molar-refractivity contribution in [1.29, 1.82) is 0 Å². The Morgan fingerprint density at radius 1 is 0.944 bits per heavy atom. The molecule has 2 N–H and O–H groups in total. The van der Waals surface area contributed by atoms with Crippen LogP contribution in [-0.2, 0) is 33.4 Å². The molecule has 5 aromatic rings. The number of carbonyl (C=O) groups is 4. The summed E-state index contributed by atoms with van der Waals surface area (Å²) >= 11 is 0. The van der Waals surface area contributed by atoms with E-state index in [0.29, 0.717) is 55.6 Å². The van der Waals surface area contributed by atoms with Gasteiger partial charge in [-0.2, -0.15) is 0 Å². The normalized spacial score (nSPS) is 22.4. The van der Waals surface area contributed by atoms with Gasteiger partial charge in [-0.15, -0.1) is 0 Å². The lowest BCUT2D eigenvalue weighted by molar-refractivity contribution is -0.135. The Morgan fingerprint density at radius 3 is 2.44 bits per heavy atom. The van der Waals surface area contributed by atoms with Gasteiger partial charge >= 0.3 is 0 Å². The van der Waals surface area contributed by atoms with Gasteiger partial charge < -0.3 is 14.8 Å². The van der Waals surface area contributed by atoms with Crippen LogP contribution in [0.5, 0.6) is 0 Å². The van der Waals surface area contributed by atoms with Gasteiger partial charge in [-0.3, -0.25) is 53.5 Å². The maximum atomic E-state index is 16.2. The summed E-state index contributed by atoms with van der Waals surface area (Å²) in [7, 11) is 3.80. The molecule has 0 radical (unpaired) electrons. The lowest BCUT2D eigenvalue weighted by atomic mass is 9.92. The van der Waals surface area contributed by atoms with E-state index in [2.05, 4.69) is 73.0 Å². The summed E-state index contributed by atoms with van der Waals surface area (Å²) in [4.78, 5) is 81.0. The predicted octanol–water partition coefficient (Wildman–Crippen LogP) is 6.31. The maximum absolute atomic E-state index is 16.2. The van der Waals surface area contributed by atoms with E-state index in [4.69, 9.17) is 0 Å². The van der Waals surface area contributed by atoms with Crippen molar-refractivity contribution in [1.82, 2.24) is 39.0 Å². The number of fused-ring (bicyclic) bond motifs is 3. The molecule has 15 nitrogen and oxygen atoms in total. The van der Waals surface area contributed by atoms with Crippen molar-refractivity contribution in [3.63, 3.8) is 0 Å². The Bertz CT molecular complexity index is 3090. The first kappa shape index (κ1) is 47.8. The third kappa shape index (κ3) is 8.54. The van der Waals surface area contributed by atoms with Crippen molar-refractivity contribution in [2.75, 3.05) is 69.6 Å². The van der Waals surface area contributed by atoms with Crippen LogP contribution >= 0.6 is 0 Å². The van der Waals surface area contributed by atoms with Crippen LogP contribution in [0.4, 0.5) is 15.8 Å². The van der Waals surface area contributed by atoms with Crippen molar-refractivity contribution in [3.05, 3.63) is 123 Å². The number of anilines is 2. The number of amides is 4. The smallest absolute Gasteiger partial charge is 0.257 e. The number of carbonyl (C=O) groups excluding carboxylic acids is 4. The van der Waals surface area contributed by atoms with Crippen LogP contribution < -0.4 is 21.1 Å². The number of likely N-dealkylation sites (tertiary alicyclic amines) is 1. The van der Waals surface area contributed by atoms with E-state index in [9.17, 15) is 24.0 Å². The fourth-order valence-corrected chi connectivity index (χ4v) is 12.5. The number of benzene rings is 2. The molecule has 0 bridgehead atoms. The molecular weight excluding hydrogens is 912 g/mol. The zero-order valence-corrected chi connectivity index (χ0v) is 42.0. The fourth-order valence-electron chi connectivity index (χ4n) is 12.5. The van der Waals surface area contributed by atoms with Gasteiger partial charge in [-0.25, -0.2) is 9.37 Å². The first-order valence-electron chi connectivity index (χ1n) is 25.9. The second-order valence-corrected chi connectivity index (χ2v) is 21.3. The summed E-state index contributed by atoms with van der Waals surface area (Å²) in [5.74, 6) is -0.663. The molecule has 4 amide bonds. The Labute approximate surface area is 419 Å². The third-order valence-corrected chi connectivity index (χ3v) is 16.9. The van der Waals surface area contributed by atoms with Gasteiger partial charge in [0.05, 0.1) is 11.1 Å². The Morgan fingerprint density at radius 2 is 1.75 bits per heavy atom. The molecule has 1 aliphatic carbocycles. The zero-order chi connectivity index (χ0) is 50.2. The minimum absolute atomic E-state index is 0.00543. The largest absolute Gasteiger partial charge is 0.388 e. The number of hydrogen-bond acceptors (Lipinski definition) is 10. The quantitative estimate of drug-likeness (QED) is 0.145. The summed E-state index contributed by atoms with van der Waals surface area (Å²) < 4.78 is 19.9. The average molecular weight is 977 g/mol. The molecule has 6 aliphatic rings. The number of hydrogen-bond donors (Lipinski definition) is 2. The molecule has 1 saturated carbocycles. The van der Waals surface area contributed by atoms with Crippen LogP contribution in [-0.4, -0.2) is 129 Å². The van der Waals surface area contributed by atoms with Crippen molar-refractivity contribution in [3.8, 4) is 5.69 Å². The van der Waals surface area contributed by atoms with Crippen LogP contribution in [0, 0.1) is 18.7 Å². The average Bonchev–Trinajstić information content (AvgIpc) is 4.07. The van der Waals surface area contributed by atoms with E-state index in [1.807, 2.05) is 43.1 Å². The van der Waals surface area contributed by atoms with Gasteiger partial charge in [0.25, 0.3) is 11.5 Å². The summed E-state index contributed by atoms with van der Waals surface area (Å²) in [5.41, 5.74) is 8.48. The highest BCUT2D eigenvalue weighted by molar-refractivity contribution is 6.15. The number of piperidine rings is 2. The Balaban J connectivity index is 0.671. The van der Waals surface area contributed by atoms with E-state index in [1.165, 1.54) is 11.6 Å². The third-order valence-electron chi connectivity index (χ3n) is 16.9. The number of aryl methyl sites for hydroxylation is 2. The van der Waals surface area contributed by atoms with Crippen molar-refractivity contribution < 1.29 is 23.6 Å². The molecule has 8 heterocycles. The van der Waals surface area contributed by atoms with E-state index >= 15 is 4.39 Å². The maximum Gasteiger partial charge on any atom is 0.257 e. The Kier molecular flexibility index (Phi) is 12.5. The highest BCUT2D eigenvalue weighted by Gasteiger charge is 2.61. The minimum atomic E-state index is -0.647. The molecule has 376 valence electrons. The topological polar surface area (TPSA) is 148 Å². The standard InChI is InChI=1S/C56H65FN10O5/c1-34-26-40(28-44(57)51(34)39-13-21-63(22-14-39)36(3)48-30-42-45(10-18-59-52(42)61(48)5)66-23-15-41(58-4)29-50(66)69)54(71)64-19-11-37(12-20-64)33-65-25-24-62(31-35(65)2)32-38-6-7-46-43(27-38)56(16-17-56)55(72)67(46)47-8-9-49(68)60-53(47)70/h6-7,10,13,15,18,23,26-30,35-37,47,58H,8-9,11-12,14,16-17,19-22,24-25,31-33H2,1-5H3,(H,60,68,70)/t35-,36-,47-/m0/s1. The van der Waals surface area contributed by atoms with Crippen molar-refractivity contribution in [2.24, 2.45) is 13.0 Å². The van der Waals surface area contributed by atoms with Crippen molar-refractivity contribution >= 4 is 51.6 Å².